The van der Waals surface area contributed by atoms with E-state index in [9.17, 15) is 18.3 Å². The molecule has 0 aromatic rings. The lowest BCUT2D eigenvalue weighted by atomic mass is 9.84. The molecule has 0 radical (unpaired) electrons. The van der Waals surface area contributed by atoms with Crippen LogP contribution in [-0.2, 0) is 19.4 Å². The molecule has 1 fully saturated rings. The fourth-order valence-electron chi connectivity index (χ4n) is 1.72. The van der Waals surface area contributed by atoms with E-state index in [1.165, 1.54) is 7.11 Å². The maximum absolute atomic E-state index is 11.2. The normalized spacial score (nSPS) is 25.5. The lowest BCUT2D eigenvalue weighted by molar-refractivity contribution is -0.155. The third kappa shape index (κ3) is 2.69. The molecule has 1 atom stereocenters. The highest BCUT2D eigenvalue weighted by atomic mass is 32.2. The zero-order valence-corrected chi connectivity index (χ0v) is 9.71. The van der Waals surface area contributed by atoms with Crippen molar-refractivity contribution in [2.24, 2.45) is 5.92 Å². The topological polar surface area (TPSA) is 80.7 Å². The predicted octanol–water partition coefficient (Wildman–Crippen LogP) is -0.265. The number of rotatable bonds is 2. The zero-order valence-electron chi connectivity index (χ0n) is 8.89. The van der Waals surface area contributed by atoms with Crippen LogP contribution < -0.4 is 0 Å². The molecule has 0 spiro atoms. The minimum Gasteiger partial charge on any atom is -0.469 e. The van der Waals surface area contributed by atoms with Crippen LogP contribution in [-0.4, -0.2) is 43.7 Å². The van der Waals surface area contributed by atoms with Crippen LogP contribution in [0.5, 0.6) is 0 Å². The molecule has 1 aliphatic rings. The molecule has 1 rings (SSSR count). The zero-order chi connectivity index (χ0) is 11.7. The lowest BCUT2D eigenvalue weighted by Crippen LogP contribution is -2.47. The average Bonchev–Trinajstić information content (AvgIpc) is 2.21. The van der Waals surface area contributed by atoms with Gasteiger partial charge in [-0.15, -0.1) is 0 Å². The molecule has 0 aliphatic carbocycles. The standard InChI is InChI=1S/C9H16O5S/c1-7(8(10)14-2)9(11)3-5-15(12,13)6-4-9/h7,11H,3-6H2,1-2H3. The van der Waals surface area contributed by atoms with Gasteiger partial charge in [0.2, 0.25) is 0 Å². The molecule has 15 heavy (non-hydrogen) atoms. The number of ether oxygens (including phenoxy) is 1. The van der Waals surface area contributed by atoms with Gasteiger partial charge in [-0.2, -0.15) is 0 Å². The molecule has 1 saturated heterocycles. The van der Waals surface area contributed by atoms with Crippen LogP contribution >= 0.6 is 0 Å². The van der Waals surface area contributed by atoms with E-state index in [2.05, 4.69) is 4.74 Å². The molecule has 0 amide bonds. The Morgan fingerprint density at radius 2 is 1.87 bits per heavy atom. The summed E-state index contributed by atoms with van der Waals surface area (Å²) < 4.78 is 26.9. The third-order valence-electron chi connectivity index (χ3n) is 3.05. The molecule has 0 aromatic heterocycles. The Balaban J connectivity index is 2.74. The fraction of sp³-hybridized carbons (Fsp3) is 0.889. The van der Waals surface area contributed by atoms with Crippen molar-refractivity contribution in [1.29, 1.82) is 0 Å². The molecule has 6 heteroatoms. The summed E-state index contributed by atoms with van der Waals surface area (Å²) in [4.78, 5) is 11.2. The number of esters is 1. The summed E-state index contributed by atoms with van der Waals surface area (Å²) in [7, 11) is -1.78. The van der Waals surface area contributed by atoms with Gasteiger partial charge in [-0.25, -0.2) is 8.42 Å². The molecule has 1 heterocycles. The van der Waals surface area contributed by atoms with Gasteiger partial charge in [-0.3, -0.25) is 4.79 Å². The molecule has 1 N–H and O–H groups in total. The largest absolute Gasteiger partial charge is 0.469 e. The van der Waals surface area contributed by atoms with E-state index in [0.29, 0.717) is 0 Å². The number of aliphatic hydroxyl groups is 1. The lowest BCUT2D eigenvalue weighted by Gasteiger charge is -2.35. The van der Waals surface area contributed by atoms with Crippen molar-refractivity contribution in [2.45, 2.75) is 25.4 Å². The van der Waals surface area contributed by atoms with Crippen molar-refractivity contribution in [3.05, 3.63) is 0 Å². The summed E-state index contributed by atoms with van der Waals surface area (Å²) >= 11 is 0. The molecule has 0 saturated carbocycles. The third-order valence-corrected chi connectivity index (χ3v) is 4.70. The maximum atomic E-state index is 11.2. The van der Waals surface area contributed by atoms with Gasteiger partial charge in [-0.1, -0.05) is 0 Å². The second-order valence-corrected chi connectivity index (χ2v) is 6.30. The van der Waals surface area contributed by atoms with Crippen molar-refractivity contribution < 1.29 is 23.1 Å². The molecular formula is C9H16O5S. The van der Waals surface area contributed by atoms with E-state index < -0.39 is 27.3 Å². The highest BCUT2D eigenvalue weighted by Crippen LogP contribution is 2.31. The second kappa shape index (κ2) is 4.09. The van der Waals surface area contributed by atoms with Gasteiger partial charge in [0.05, 0.1) is 30.1 Å². The van der Waals surface area contributed by atoms with E-state index >= 15 is 0 Å². The Kier molecular flexibility index (Phi) is 3.40. The summed E-state index contributed by atoms with van der Waals surface area (Å²) in [6, 6.07) is 0. The van der Waals surface area contributed by atoms with Crippen LogP contribution in [0.2, 0.25) is 0 Å². The summed E-state index contributed by atoms with van der Waals surface area (Å²) in [5.74, 6) is -1.31. The Bertz CT molecular complexity index is 332. The summed E-state index contributed by atoms with van der Waals surface area (Å²) in [6.45, 7) is 1.56. The highest BCUT2D eigenvalue weighted by molar-refractivity contribution is 7.91. The van der Waals surface area contributed by atoms with Crippen molar-refractivity contribution >= 4 is 15.8 Å². The summed E-state index contributed by atoms with van der Waals surface area (Å²) in [5.41, 5.74) is -1.24. The van der Waals surface area contributed by atoms with E-state index in [4.69, 9.17) is 0 Å². The Labute approximate surface area is 89.3 Å². The molecule has 0 bridgehead atoms. The van der Waals surface area contributed by atoms with Crippen molar-refractivity contribution in [3.8, 4) is 0 Å². The van der Waals surface area contributed by atoms with Crippen molar-refractivity contribution in [2.75, 3.05) is 18.6 Å². The number of carbonyl (C=O) groups is 1. The average molecular weight is 236 g/mol. The van der Waals surface area contributed by atoms with Crippen LogP contribution in [0.1, 0.15) is 19.8 Å². The Hall–Kier alpha value is -0.620. The van der Waals surface area contributed by atoms with Gasteiger partial charge in [0.25, 0.3) is 0 Å². The predicted molar refractivity (Wildman–Crippen MR) is 54.0 cm³/mol. The first-order chi connectivity index (χ1) is 6.81. The number of hydrogen-bond acceptors (Lipinski definition) is 5. The Morgan fingerprint density at radius 1 is 1.40 bits per heavy atom. The number of sulfone groups is 1. The minimum atomic E-state index is -3.03. The molecular weight excluding hydrogens is 220 g/mol. The van der Waals surface area contributed by atoms with Gasteiger partial charge in [0, 0.05) is 0 Å². The van der Waals surface area contributed by atoms with Crippen LogP contribution in [0.4, 0.5) is 0 Å². The molecule has 88 valence electrons. The monoisotopic (exact) mass is 236 g/mol. The first-order valence-electron chi connectivity index (χ1n) is 4.81. The summed E-state index contributed by atoms with van der Waals surface area (Å²) in [6.07, 6.45) is 0.206. The van der Waals surface area contributed by atoms with Gasteiger partial charge < -0.3 is 9.84 Å². The minimum absolute atomic E-state index is 0.0646. The van der Waals surface area contributed by atoms with E-state index in [0.717, 1.165) is 0 Å². The van der Waals surface area contributed by atoms with E-state index in [1.54, 1.807) is 6.92 Å². The van der Waals surface area contributed by atoms with Crippen LogP contribution in [0.3, 0.4) is 0 Å². The van der Waals surface area contributed by atoms with E-state index in [-0.39, 0.29) is 24.3 Å². The molecule has 1 aliphatic heterocycles. The second-order valence-electron chi connectivity index (χ2n) is 4.00. The summed E-state index contributed by atoms with van der Waals surface area (Å²) in [5, 5.41) is 10.1. The first-order valence-corrected chi connectivity index (χ1v) is 6.63. The highest BCUT2D eigenvalue weighted by Gasteiger charge is 2.43. The Morgan fingerprint density at radius 3 is 2.27 bits per heavy atom. The fourth-order valence-corrected chi connectivity index (χ4v) is 3.25. The van der Waals surface area contributed by atoms with Gasteiger partial charge in [0.15, 0.2) is 9.84 Å². The van der Waals surface area contributed by atoms with Gasteiger partial charge in [-0.05, 0) is 19.8 Å². The van der Waals surface area contributed by atoms with Crippen LogP contribution in [0.25, 0.3) is 0 Å². The van der Waals surface area contributed by atoms with Gasteiger partial charge >= 0.3 is 5.97 Å². The number of methoxy groups -OCH3 is 1. The molecule has 1 unspecified atom stereocenters. The quantitative estimate of drug-likeness (QED) is 0.668. The van der Waals surface area contributed by atoms with Crippen molar-refractivity contribution in [1.82, 2.24) is 0 Å². The van der Waals surface area contributed by atoms with Crippen molar-refractivity contribution in [3.63, 3.8) is 0 Å². The molecule has 0 aromatic carbocycles. The molecule has 5 nitrogen and oxygen atoms in total. The van der Waals surface area contributed by atoms with Gasteiger partial charge in [0.1, 0.15) is 0 Å². The van der Waals surface area contributed by atoms with E-state index in [1.807, 2.05) is 0 Å². The maximum Gasteiger partial charge on any atom is 0.311 e. The smallest absolute Gasteiger partial charge is 0.311 e. The number of hydrogen-bond donors (Lipinski definition) is 1. The van der Waals surface area contributed by atoms with Crippen LogP contribution in [0, 0.1) is 5.92 Å². The first kappa shape index (κ1) is 12.4. The SMILES string of the molecule is COC(=O)C(C)C1(O)CCS(=O)(=O)CC1. The van der Waals surface area contributed by atoms with Crippen LogP contribution in [0.15, 0.2) is 0 Å². The number of carbonyl (C=O) groups excluding carboxylic acids is 1.